The summed E-state index contributed by atoms with van der Waals surface area (Å²) in [7, 11) is 0. The van der Waals surface area contributed by atoms with Crippen molar-refractivity contribution in [2.24, 2.45) is 0 Å². The van der Waals surface area contributed by atoms with E-state index in [1.807, 2.05) is 0 Å². The first-order chi connectivity index (χ1) is 9.30. The maximum atomic E-state index is 13.0. The fourth-order valence-electron chi connectivity index (χ4n) is 1.82. The number of hydrogen-bond acceptors (Lipinski definition) is 1. The molecule has 20 heavy (non-hydrogen) atoms. The molecule has 0 heterocycles. The van der Waals surface area contributed by atoms with Crippen LogP contribution in [0.4, 0.5) is 13.2 Å². The van der Waals surface area contributed by atoms with Crippen LogP contribution in [-0.4, -0.2) is 5.24 Å². The predicted octanol–water partition coefficient (Wildman–Crippen LogP) is 5.40. The monoisotopic (exact) mass is 318 g/mol. The Kier molecular flexibility index (Phi) is 4.06. The standard InChI is InChI=1S/C14H7Cl2F3O/c15-12-6-5-8(13(16)20)7-10(12)9-3-1-2-4-11(9)14(17,18)19/h1-7H. The summed E-state index contributed by atoms with van der Waals surface area (Å²) in [5.74, 6) is 0. The molecular formula is C14H7Cl2F3O. The highest BCUT2D eigenvalue weighted by Gasteiger charge is 2.33. The molecule has 104 valence electrons. The fourth-order valence-corrected chi connectivity index (χ4v) is 2.16. The minimum Gasteiger partial charge on any atom is -0.276 e. The molecule has 0 aliphatic rings. The van der Waals surface area contributed by atoms with Crippen molar-refractivity contribution in [3.05, 3.63) is 58.6 Å². The van der Waals surface area contributed by atoms with Crippen LogP contribution in [0.25, 0.3) is 11.1 Å². The number of carbonyl (C=O) groups is 1. The minimum atomic E-state index is -4.51. The Balaban J connectivity index is 2.69. The molecule has 2 rings (SSSR count). The Morgan fingerprint density at radius 1 is 1.00 bits per heavy atom. The van der Waals surface area contributed by atoms with Crippen LogP contribution < -0.4 is 0 Å². The molecule has 0 amide bonds. The Hall–Kier alpha value is -1.52. The molecule has 0 N–H and O–H groups in total. The molecule has 0 aromatic heterocycles. The molecule has 2 aromatic rings. The molecule has 0 saturated heterocycles. The van der Waals surface area contributed by atoms with Gasteiger partial charge in [-0.1, -0.05) is 29.8 Å². The molecule has 0 atom stereocenters. The van der Waals surface area contributed by atoms with Gasteiger partial charge in [0.2, 0.25) is 0 Å². The van der Waals surface area contributed by atoms with E-state index in [4.69, 9.17) is 23.2 Å². The summed E-state index contributed by atoms with van der Waals surface area (Å²) in [6.07, 6.45) is -4.51. The molecule has 0 unspecified atom stereocenters. The Morgan fingerprint density at radius 3 is 2.25 bits per heavy atom. The molecule has 1 nitrogen and oxygen atoms in total. The van der Waals surface area contributed by atoms with Gasteiger partial charge in [-0.05, 0) is 41.4 Å². The molecular weight excluding hydrogens is 312 g/mol. The van der Waals surface area contributed by atoms with E-state index in [9.17, 15) is 18.0 Å². The van der Waals surface area contributed by atoms with E-state index in [0.29, 0.717) is 0 Å². The van der Waals surface area contributed by atoms with Crippen molar-refractivity contribution in [1.29, 1.82) is 0 Å². The summed E-state index contributed by atoms with van der Waals surface area (Å²) in [6, 6.07) is 8.97. The normalized spacial score (nSPS) is 11.4. The Morgan fingerprint density at radius 2 is 1.65 bits per heavy atom. The van der Waals surface area contributed by atoms with E-state index < -0.39 is 17.0 Å². The summed E-state index contributed by atoms with van der Waals surface area (Å²) in [4.78, 5) is 11.1. The lowest BCUT2D eigenvalue weighted by Gasteiger charge is -2.14. The lowest BCUT2D eigenvalue weighted by atomic mass is 9.98. The number of rotatable bonds is 2. The maximum absolute atomic E-state index is 13.0. The van der Waals surface area contributed by atoms with Crippen LogP contribution in [0.5, 0.6) is 0 Å². The van der Waals surface area contributed by atoms with Crippen LogP contribution in [0, 0.1) is 0 Å². The van der Waals surface area contributed by atoms with Crippen LogP contribution in [0.15, 0.2) is 42.5 Å². The average Bonchev–Trinajstić information content (AvgIpc) is 2.38. The van der Waals surface area contributed by atoms with Crippen LogP contribution in [0.2, 0.25) is 5.02 Å². The Labute approximate surface area is 122 Å². The van der Waals surface area contributed by atoms with E-state index in [1.165, 1.54) is 36.4 Å². The first-order valence-electron chi connectivity index (χ1n) is 5.46. The third kappa shape index (κ3) is 2.97. The van der Waals surface area contributed by atoms with Gasteiger partial charge >= 0.3 is 6.18 Å². The van der Waals surface area contributed by atoms with Crippen LogP contribution in [0.1, 0.15) is 15.9 Å². The lowest BCUT2D eigenvalue weighted by Crippen LogP contribution is -2.07. The van der Waals surface area contributed by atoms with Crippen molar-refractivity contribution in [3.63, 3.8) is 0 Å². The summed E-state index contributed by atoms with van der Waals surface area (Å²) < 4.78 is 39.0. The number of alkyl halides is 3. The van der Waals surface area contributed by atoms with E-state index in [-0.39, 0.29) is 21.7 Å². The van der Waals surface area contributed by atoms with Gasteiger partial charge in [0.25, 0.3) is 5.24 Å². The van der Waals surface area contributed by atoms with E-state index in [1.54, 1.807) is 0 Å². The van der Waals surface area contributed by atoms with E-state index >= 15 is 0 Å². The zero-order valence-electron chi connectivity index (χ0n) is 9.84. The largest absolute Gasteiger partial charge is 0.417 e. The zero-order chi connectivity index (χ0) is 14.9. The molecule has 6 heteroatoms. The average molecular weight is 319 g/mol. The number of benzene rings is 2. The molecule has 0 aliphatic carbocycles. The van der Waals surface area contributed by atoms with Gasteiger partial charge in [0.05, 0.1) is 5.56 Å². The van der Waals surface area contributed by atoms with Crippen LogP contribution in [0.3, 0.4) is 0 Å². The smallest absolute Gasteiger partial charge is 0.276 e. The summed E-state index contributed by atoms with van der Waals surface area (Å²) in [5.41, 5.74) is -0.708. The van der Waals surface area contributed by atoms with E-state index in [2.05, 4.69) is 0 Å². The first kappa shape index (κ1) is 14.9. The van der Waals surface area contributed by atoms with Crippen LogP contribution in [-0.2, 0) is 6.18 Å². The highest BCUT2D eigenvalue weighted by molar-refractivity contribution is 6.67. The molecule has 0 aliphatic heterocycles. The fraction of sp³-hybridized carbons (Fsp3) is 0.0714. The van der Waals surface area contributed by atoms with Crippen LogP contribution >= 0.6 is 23.2 Å². The van der Waals surface area contributed by atoms with Gasteiger partial charge in [0, 0.05) is 16.1 Å². The topological polar surface area (TPSA) is 17.1 Å². The van der Waals surface area contributed by atoms with Crippen molar-refractivity contribution in [1.82, 2.24) is 0 Å². The number of hydrogen-bond donors (Lipinski definition) is 0. The SMILES string of the molecule is O=C(Cl)c1ccc(Cl)c(-c2ccccc2C(F)(F)F)c1. The first-order valence-corrected chi connectivity index (χ1v) is 6.22. The zero-order valence-corrected chi connectivity index (χ0v) is 11.4. The second kappa shape index (κ2) is 5.46. The highest BCUT2D eigenvalue weighted by atomic mass is 35.5. The van der Waals surface area contributed by atoms with Gasteiger partial charge in [-0.3, -0.25) is 4.79 Å². The third-order valence-corrected chi connectivity index (χ3v) is 3.26. The van der Waals surface area contributed by atoms with Gasteiger partial charge in [0.1, 0.15) is 0 Å². The molecule has 0 spiro atoms. The quantitative estimate of drug-likeness (QED) is 0.677. The molecule has 2 aromatic carbocycles. The molecule has 0 radical (unpaired) electrons. The second-order valence-corrected chi connectivity index (χ2v) is 4.76. The Bertz CT molecular complexity index is 666. The van der Waals surface area contributed by atoms with Gasteiger partial charge < -0.3 is 0 Å². The van der Waals surface area contributed by atoms with Gasteiger partial charge in [-0.2, -0.15) is 13.2 Å². The van der Waals surface area contributed by atoms with Gasteiger partial charge in [-0.15, -0.1) is 0 Å². The van der Waals surface area contributed by atoms with Crippen molar-refractivity contribution in [2.75, 3.05) is 0 Å². The number of halogens is 5. The molecule has 0 bridgehead atoms. The van der Waals surface area contributed by atoms with Crippen molar-refractivity contribution >= 4 is 28.4 Å². The third-order valence-electron chi connectivity index (χ3n) is 2.72. The van der Waals surface area contributed by atoms with Gasteiger partial charge in [0.15, 0.2) is 0 Å². The predicted molar refractivity (Wildman–Crippen MR) is 72.1 cm³/mol. The van der Waals surface area contributed by atoms with Gasteiger partial charge in [-0.25, -0.2) is 0 Å². The maximum Gasteiger partial charge on any atom is 0.417 e. The van der Waals surface area contributed by atoms with E-state index in [0.717, 1.165) is 6.07 Å². The minimum absolute atomic E-state index is 0.0862. The summed E-state index contributed by atoms with van der Waals surface area (Å²) in [5, 5.41) is -0.643. The molecule has 0 fully saturated rings. The van der Waals surface area contributed by atoms with Crippen molar-refractivity contribution in [3.8, 4) is 11.1 Å². The summed E-state index contributed by atoms with van der Waals surface area (Å²) >= 11 is 11.3. The van der Waals surface area contributed by atoms with Crippen molar-refractivity contribution < 1.29 is 18.0 Å². The number of carbonyl (C=O) groups excluding carboxylic acids is 1. The lowest BCUT2D eigenvalue weighted by molar-refractivity contribution is -0.137. The summed E-state index contributed by atoms with van der Waals surface area (Å²) in [6.45, 7) is 0. The highest BCUT2D eigenvalue weighted by Crippen LogP contribution is 2.39. The van der Waals surface area contributed by atoms with Crippen molar-refractivity contribution in [2.45, 2.75) is 6.18 Å². The molecule has 0 saturated carbocycles. The second-order valence-electron chi connectivity index (χ2n) is 4.01.